The summed E-state index contributed by atoms with van der Waals surface area (Å²) in [5, 5.41) is 8.24. The zero-order chi connectivity index (χ0) is 15.4. The molecule has 0 saturated heterocycles. The summed E-state index contributed by atoms with van der Waals surface area (Å²) < 4.78 is 12.7. The van der Waals surface area contributed by atoms with Crippen LogP contribution in [-0.4, -0.2) is 43.8 Å². The summed E-state index contributed by atoms with van der Waals surface area (Å²) >= 11 is -1.93. The molecule has 0 bridgehead atoms. The van der Waals surface area contributed by atoms with E-state index in [-0.39, 0.29) is 10.6 Å². The second-order valence-corrected chi connectivity index (χ2v) is 9.60. The normalized spacial score (nSPS) is 14.6. The van der Waals surface area contributed by atoms with E-state index in [9.17, 15) is 9.59 Å². The van der Waals surface area contributed by atoms with E-state index in [1.54, 1.807) is 0 Å². The van der Waals surface area contributed by atoms with Crippen molar-refractivity contribution < 1.29 is 19.1 Å². The van der Waals surface area contributed by atoms with Gasteiger partial charge < -0.3 is 0 Å². The van der Waals surface area contributed by atoms with E-state index in [0.717, 1.165) is 5.56 Å². The third-order valence-corrected chi connectivity index (χ3v) is 8.76. The molecule has 0 spiro atoms. The van der Waals surface area contributed by atoms with E-state index in [1.165, 1.54) is 24.4 Å². The molecule has 0 saturated carbocycles. The molecule has 0 aliphatic carbocycles. The summed E-state index contributed by atoms with van der Waals surface area (Å²) in [5.74, 6) is -1.23. The standard InChI is InChI=1S/C13H13N2O4SSe/c1-18-12(16)9-10(13(17)19-2)20-21(15-9)11(14)8-6-4-3-5-7-8/h3-7,14-15H,1-2H3. The van der Waals surface area contributed by atoms with Crippen molar-refractivity contribution in [1.82, 2.24) is 4.33 Å². The number of rotatable bonds is 4. The summed E-state index contributed by atoms with van der Waals surface area (Å²) in [6.07, 6.45) is 0. The van der Waals surface area contributed by atoms with Gasteiger partial charge in [-0.3, -0.25) is 0 Å². The number of carbonyl (C=O) groups excluding carboxylic acids is 2. The zero-order valence-corrected chi connectivity index (χ0v) is 13.9. The number of carbonyl (C=O) groups is 2. The minimum atomic E-state index is -1.93. The fourth-order valence-corrected chi connectivity index (χ4v) is 7.79. The molecular formula is C13H13N2O4SSe. The average molecular weight is 372 g/mol. The topological polar surface area (TPSA) is 88.5 Å². The van der Waals surface area contributed by atoms with Crippen molar-refractivity contribution in [3.8, 4) is 0 Å². The van der Waals surface area contributed by atoms with Gasteiger partial charge in [-0.25, -0.2) is 0 Å². The minimum absolute atomic E-state index is 0.0834. The molecule has 0 unspecified atom stereocenters. The Balaban J connectivity index is 2.24. The number of esters is 2. The van der Waals surface area contributed by atoms with Gasteiger partial charge in [0.05, 0.1) is 0 Å². The number of methoxy groups -OCH3 is 2. The third kappa shape index (κ3) is 3.29. The summed E-state index contributed by atoms with van der Waals surface area (Å²) in [7, 11) is 3.68. The molecule has 2 rings (SSSR count). The fourth-order valence-electron chi connectivity index (χ4n) is 1.54. The van der Waals surface area contributed by atoms with Gasteiger partial charge in [0.15, 0.2) is 0 Å². The second kappa shape index (κ2) is 6.80. The number of hydrogen-bond acceptors (Lipinski definition) is 7. The van der Waals surface area contributed by atoms with E-state index < -0.39 is 24.9 Å². The molecule has 2 N–H and O–H groups in total. The monoisotopic (exact) mass is 373 g/mol. The van der Waals surface area contributed by atoms with Crippen LogP contribution in [0, 0.1) is 5.41 Å². The van der Waals surface area contributed by atoms with Crippen LogP contribution in [0.5, 0.6) is 0 Å². The molecule has 111 valence electrons. The third-order valence-electron chi connectivity index (χ3n) is 2.57. The molecule has 1 aromatic rings. The van der Waals surface area contributed by atoms with Gasteiger partial charge in [0, 0.05) is 0 Å². The van der Waals surface area contributed by atoms with Crippen LogP contribution < -0.4 is 4.33 Å². The molecule has 0 atom stereocenters. The maximum absolute atomic E-state index is 11.8. The Labute approximate surface area is 129 Å². The van der Waals surface area contributed by atoms with Crippen LogP contribution in [0.4, 0.5) is 0 Å². The van der Waals surface area contributed by atoms with Gasteiger partial charge >= 0.3 is 129 Å². The molecule has 1 aromatic carbocycles. The Morgan fingerprint density at radius 3 is 2.33 bits per heavy atom. The molecule has 8 heteroatoms. The summed E-state index contributed by atoms with van der Waals surface area (Å²) in [6, 6.07) is 9.19. The molecular weight excluding hydrogens is 359 g/mol. The van der Waals surface area contributed by atoms with Gasteiger partial charge in [-0.05, 0) is 0 Å². The Morgan fingerprint density at radius 1 is 1.14 bits per heavy atom. The summed E-state index contributed by atoms with van der Waals surface area (Å²) in [5.41, 5.74) is 0.845. The van der Waals surface area contributed by atoms with Crippen LogP contribution in [0.3, 0.4) is 0 Å². The first-order chi connectivity index (χ1) is 10.1. The van der Waals surface area contributed by atoms with Crippen LogP contribution in [0.15, 0.2) is 40.9 Å². The number of nitrogens with one attached hydrogen (secondary N) is 2. The molecule has 1 aliphatic heterocycles. The first-order valence-corrected chi connectivity index (χ1v) is 10.4. The first-order valence-electron chi connectivity index (χ1n) is 5.82. The van der Waals surface area contributed by atoms with Crippen molar-refractivity contribution in [2.75, 3.05) is 14.2 Å². The van der Waals surface area contributed by atoms with Crippen molar-refractivity contribution in [1.29, 1.82) is 5.41 Å². The van der Waals surface area contributed by atoms with Crippen LogP contribution >= 0.6 is 10.2 Å². The predicted molar refractivity (Wildman–Crippen MR) is 80.8 cm³/mol. The molecule has 21 heavy (non-hydrogen) atoms. The van der Waals surface area contributed by atoms with Gasteiger partial charge in [-0.2, -0.15) is 0 Å². The van der Waals surface area contributed by atoms with Gasteiger partial charge in [-0.15, -0.1) is 0 Å². The Kier molecular flexibility index (Phi) is 5.06. The van der Waals surface area contributed by atoms with Crippen molar-refractivity contribution in [3.05, 3.63) is 46.5 Å². The molecule has 6 nitrogen and oxygen atoms in total. The quantitative estimate of drug-likeness (QED) is 0.465. The van der Waals surface area contributed by atoms with Crippen LogP contribution in [0.1, 0.15) is 5.56 Å². The van der Waals surface area contributed by atoms with Crippen molar-refractivity contribution >= 4 is 39.7 Å². The van der Waals surface area contributed by atoms with Crippen molar-refractivity contribution in [2.24, 2.45) is 0 Å². The molecule has 1 aliphatic rings. The fraction of sp³-hybridized carbons (Fsp3) is 0.154. The number of hydrogen-bond donors (Lipinski definition) is 2. The molecule has 1 heterocycles. The van der Waals surface area contributed by atoms with E-state index in [4.69, 9.17) is 5.41 Å². The van der Waals surface area contributed by atoms with Crippen molar-refractivity contribution in [2.45, 2.75) is 0 Å². The van der Waals surface area contributed by atoms with Crippen LogP contribution in [0.2, 0.25) is 0 Å². The van der Waals surface area contributed by atoms with E-state index in [2.05, 4.69) is 13.8 Å². The van der Waals surface area contributed by atoms with E-state index in [1.807, 2.05) is 30.3 Å². The molecule has 0 amide bonds. The zero-order valence-electron chi connectivity index (χ0n) is 11.3. The summed E-state index contributed by atoms with van der Waals surface area (Å²) in [4.78, 5) is 23.7. The SMILES string of the molecule is COC(=O)C1=C(C(=O)OC)S[Se](C(=N)c2ccccc2)N1. The first kappa shape index (κ1) is 15.6. The average Bonchev–Trinajstić information content (AvgIpc) is 2.98. The Morgan fingerprint density at radius 2 is 1.76 bits per heavy atom. The van der Waals surface area contributed by atoms with Gasteiger partial charge in [0.25, 0.3) is 0 Å². The second-order valence-electron chi connectivity index (χ2n) is 3.84. The predicted octanol–water partition coefficient (Wildman–Crippen LogP) is 0.976. The molecule has 0 fully saturated rings. The van der Waals surface area contributed by atoms with Gasteiger partial charge in [0.1, 0.15) is 0 Å². The van der Waals surface area contributed by atoms with Crippen LogP contribution in [-0.2, 0) is 19.1 Å². The molecule has 0 aromatic heterocycles. The van der Waals surface area contributed by atoms with Gasteiger partial charge in [-0.1, -0.05) is 0 Å². The van der Waals surface area contributed by atoms with E-state index in [0.29, 0.717) is 4.61 Å². The van der Waals surface area contributed by atoms with Gasteiger partial charge in [0.2, 0.25) is 0 Å². The Bertz CT molecular complexity index is 590. The Hall–Kier alpha value is -1.76. The number of ether oxygens (including phenoxy) is 2. The van der Waals surface area contributed by atoms with Crippen LogP contribution in [0.25, 0.3) is 0 Å². The summed E-state index contributed by atoms with van der Waals surface area (Å²) in [6.45, 7) is 0. The molecule has 1 radical (unpaired) electrons. The van der Waals surface area contributed by atoms with Crippen molar-refractivity contribution in [3.63, 3.8) is 0 Å². The maximum atomic E-state index is 11.8. The van der Waals surface area contributed by atoms with E-state index >= 15 is 0 Å². The number of benzene rings is 1.